The Morgan fingerprint density at radius 3 is 2.66 bits per heavy atom. The zero-order chi connectivity index (χ0) is 19.8. The van der Waals surface area contributed by atoms with E-state index in [0.29, 0.717) is 18.3 Å². The van der Waals surface area contributed by atoms with Crippen LogP contribution < -0.4 is 15.5 Å². The summed E-state index contributed by atoms with van der Waals surface area (Å²) in [6, 6.07) is 14.0. The molecule has 0 atom stereocenters. The number of hydrogen-bond donors (Lipinski definition) is 3. The highest BCUT2D eigenvalue weighted by Crippen LogP contribution is 2.18. The largest absolute Gasteiger partial charge is 0.508 e. The van der Waals surface area contributed by atoms with Crippen molar-refractivity contribution in [3.63, 3.8) is 0 Å². The molecule has 6 nitrogen and oxygen atoms in total. The van der Waals surface area contributed by atoms with Crippen molar-refractivity contribution in [2.24, 2.45) is 4.99 Å². The van der Waals surface area contributed by atoms with E-state index in [1.54, 1.807) is 12.1 Å². The van der Waals surface area contributed by atoms with Gasteiger partial charge in [0, 0.05) is 37.9 Å². The Bertz CT molecular complexity index is 790. The van der Waals surface area contributed by atoms with E-state index < -0.39 is 0 Å². The van der Waals surface area contributed by atoms with Crippen LogP contribution in [0, 0.1) is 6.92 Å². The number of benzene rings is 1. The van der Waals surface area contributed by atoms with E-state index in [1.165, 1.54) is 0 Å². The van der Waals surface area contributed by atoms with Crippen molar-refractivity contribution >= 4 is 35.8 Å². The van der Waals surface area contributed by atoms with E-state index in [9.17, 15) is 5.11 Å². The molecule has 1 aromatic heterocycles. The van der Waals surface area contributed by atoms with Gasteiger partial charge in [-0.15, -0.1) is 24.0 Å². The van der Waals surface area contributed by atoms with Crippen LogP contribution in [-0.4, -0.2) is 48.3 Å². The fourth-order valence-electron chi connectivity index (χ4n) is 3.48. The number of aliphatic imine (C=N–C) groups is 1. The number of nitrogens with one attached hydrogen (secondary N) is 2. The zero-order valence-corrected chi connectivity index (χ0v) is 19.6. The summed E-state index contributed by atoms with van der Waals surface area (Å²) in [4.78, 5) is 11.7. The predicted molar refractivity (Wildman–Crippen MR) is 131 cm³/mol. The Balaban J connectivity index is 0.00000300. The van der Waals surface area contributed by atoms with Crippen LogP contribution >= 0.6 is 24.0 Å². The molecule has 3 N–H and O–H groups in total. The maximum absolute atomic E-state index is 9.57. The average molecular weight is 509 g/mol. The number of piperidine rings is 1. The SMILES string of the molecule is CCNC(=NCCc1cccc(O)c1)NC1CCN(c2cccc(C)n2)CC1.I. The molecule has 0 unspecified atom stereocenters. The summed E-state index contributed by atoms with van der Waals surface area (Å²) in [7, 11) is 0. The Hall–Kier alpha value is -2.03. The lowest BCUT2D eigenvalue weighted by molar-refractivity contribution is 0.459. The minimum Gasteiger partial charge on any atom is -0.508 e. The predicted octanol–water partition coefficient (Wildman–Crippen LogP) is 3.48. The van der Waals surface area contributed by atoms with E-state index in [-0.39, 0.29) is 24.0 Å². The van der Waals surface area contributed by atoms with E-state index >= 15 is 0 Å². The molecule has 0 spiro atoms. The quantitative estimate of drug-likeness (QED) is 0.316. The van der Waals surface area contributed by atoms with Crippen molar-refractivity contribution in [3.05, 3.63) is 53.7 Å². The summed E-state index contributed by atoms with van der Waals surface area (Å²) in [5.74, 6) is 2.25. The summed E-state index contributed by atoms with van der Waals surface area (Å²) >= 11 is 0. The van der Waals surface area contributed by atoms with Crippen molar-refractivity contribution in [2.75, 3.05) is 31.1 Å². The van der Waals surface area contributed by atoms with Crippen molar-refractivity contribution in [2.45, 2.75) is 39.2 Å². The van der Waals surface area contributed by atoms with E-state index in [1.807, 2.05) is 25.1 Å². The lowest BCUT2D eigenvalue weighted by atomic mass is 10.1. The molecule has 1 fully saturated rings. The van der Waals surface area contributed by atoms with Crippen LogP contribution in [0.2, 0.25) is 0 Å². The summed E-state index contributed by atoms with van der Waals surface area (Å²) in [5.41, 5.74) is 2.16. The van der Waals surface area contributed by atoms with Crippen LogP contribution in [0.15, 0.2) is 47.5 Å². The van der Waals surface area contributed by atoms with Gasteiger partial charge in [0.2, 0.25) is 0 Å². The minimum atomic E-state index is 0. The molecule has 7 heteroatoms. The highest BCUT2D eigenvalue weighted by molar-refractivity contribution is 14.0. The number of nitrogens with zero attached hydrogens (tertiary/aromatic N) is 3. The van der Waals surface area contributed by atoms with Crippen LogP contribution in [0.1, 0.15) is 31.0 Å². The van der Waals surface area contributed by atoms with E-state index in [2.05, 4.69) is 39.6 Å². The second kappa shape index (κ2) is 11.8. The molecule has 29 heavy (non-hydrogen) atoms. The van der Waals surface area contributed by atoms with Gasteiger partial charge in [0.05, 0.1) is 0 Å². The zero-order valence-electron chi connectivity index (χ0n) is 17.3. The number of guanidine groups is 1. The standard InChI is InChI=1S/C22H31N5O.HI/c1-3-23-22(24-13-10-18-7-5-8-20(28)16-18)26-19-11-14-27(15-12-19)21-9-4-6-17(2)25-21;/h4-9,16,19,28H,3,10-15H2,1-2H3,(H2,23,24,26);1H. The van der Waals surface area contributed by atoms with Gasteiger partial charge in [-0.1, -0.05) is 18.2 Å². The van der Waals surface area contributed by atoms with Gasteiger partial charge in [-0.3, -0.25) is 4.99 Å². The lowest BCUT2D eigenvalue weighted by Crippen LogP contribution is -2.49. The number of rotatable bonds is 6. The fraction of sp³-hybridized carbons (Fsp3) is 0.455. The maximum atomic E-state index is 9.57. The van der Waals surface area contributed by atoms with Gasteiger partial charge in [0.1, 0.15) is 11.6 Å². The summed E-state index contributed by atoms with van der Waals surface area (Å²) < 4.78 is 0. The van der Waals surface area contributed by atoms with Gasteiger partial charge in [-0.05, 0) is 62.9 Å². The molecule has 1 saturated heterocycles. The van der Waals surface area contributed by atoms with Crippen molar-refractivity contribution < 1.29 is 5.11 Å². The lowest BCUT2D eigenvalue weighted by Gasteiger charge is -2.34. The van der Waals surface area contributed by atoms with E-state index in [4.69, 9.17) is 4.99 Å². The number of aromatic hydroxyl groups is 1. The molecule has 0 bridgehead atoms. The van der Waals surface area contributed by atoms with Crippen LogP contribution in [0.4, 0.5) is 5.82 Å². The number of anilines is 1. The Labute approximate surface area is 190 Å². The molecule has 1 aliphatic heterocycles. The molecule has 0 radical (unpaired) electrons. The highest BCUT2D eigenvalue weighted by Gasteiger charge is 2.20. The molecular formula is C22H32IN5O. The third kappa shape index (κ3) is 7.38. The van der Waals surface area contributed by atoms with Crippen LogP contribution in [0.25, 0.3) is 0 Å². The first-order valence-electron chi connectivity index (χ1n) is 10.2. The minimum absolute atomic E-state index is 0. The first-order valence-corrected chi connectivity index (χ1v) is 10.2. The Kier molecular flexibility index (Phi) is 9.50. The number of pyridine rings is 1. The number of halogens is 1. The smallest absolute Gasteiger partial charge is 0.191 e. The monoisotopic (exact) mass is 509 g/mol. The van der Waals surface area contributed by atoms with Gasteiger partial charge in [0.15, 0.2) is 5.96 Å². The van der Waals surface area contributed by atoms with Gasteiger partial charge < -0.3 is 20.6 Å². The van der Waals surface area contributed by atoms with Crippen LogP contribution in [0.3, 0.4) is 0 Å². The molecular weight excluding hydrogens is 477 g/mol. The molecule has 158 valence electrons. The molecule has 2 aromatic rings. The van der Waals surface area contributed by atoms with Gasteiger partial charge >= 0.3 is 0 Å². The van der Waals surface area contributed by atoms with E-state index in [0.717, 1.165) is 61.9 Å². The number of aryl methyl sites for hydroxylation is 1. The Morgan fingerprint density at radius 1 is 1.21 bits per heavy atom. The fourth-order valence-corrected chi connectivity index (χ4v) is 3.48. The van der Waals surface area contributed by atoms with Crippen molar-refractivity contribution in [3.8, 4) is 5.75 Å². The summed E-state index contributed by atoms with van der Waals surface area (Å²) in [6.45, 7) is 7.63. The second-order valence-corrected chi connectivity index (χ2v) is 7.22. The number of aromatic nitrogens is 1. The highest BCUT2D eigenvalue weighted by atomic mass is 127. The third-order valence-corrected chi connectivity index (χ3v) is 4.96. The van der Waals surface area contributed by atoms with Gasteiger partial charge in [-0.25, -0.2) is 4.98 Å². The topological polar surface area (TPSA) is 72.8 Å². The normalized spacial score (nSPS) is 15.0. The molecule has 3 rings (SSSR count). The molecule has 2 heterocycles. The molecule has 0 saturated carbocycles. The number of phenolic OH excluding ortho intramolecular Hbond substituents is 1. The van der Waals surface area contributed by atoms with Crippen molar-refractivity contribution in [1.29, 1.82) is 0 Å². The first kappa shape index (κ1) is 23.3. The maximum Gasteiger partial charge on any atom is 0.191 e. The third-order valence-electron chi connectivity index (χ3n) is 4.96. The molecule has 0 amide bonds. The molecule has 0 aliphatic carbocycles. The van der Waals surface area contributed by atoms with Crippen LogP contribution in [0.5, 0.6) is 5.75 Å². The second-order valence-electron chi connectivity index (χ2n) is 7.22. The average Bonchev–Trinajstić information content (AvgIpc) is 2.69. The van der Waals surface area contributed by atoms with Crippen molar-refractivity contribution in [1.82, 2.24) is 15.6 Å². The summed E-state index contributed by atoms with van der Waals surface area (Å²) in [5, 5.41) is 16.5. The number of hydrogen-bond acceptors (Lipinski definition) is 4. The Morgan fingerprint density at radius 2 is 1.97 bits per heavy atom. The van der Waals surface area contributed by atoms with Gasteiger partial charge in [-0.2, -0.15) is 0 Å². The summed E-state index contributed by atoms with van der Waals surface area (Å²) in [6.07, 6.45) is 2.93. The first-order chi connectivity index (χ1) is 13.6. The molecule has 1 aromatic carbocycles. The molecule has 1 aliphatic rings. The van der Waals surface area contributed by atoms with Crippen LogP contribution in [-0.2, 0) is 6.42 Å². The van der Waals surface area contributed by atoms with Gasteiger partial charge in [0.25, 0.3) is 0 Å². The number of phenols is 1.